The lowest BCUT2D eigenvalue weighted by molar-refractivity contribution is 0.164. The lowest BCUT2D eigenvalue weighted by atomic mass is 9.98. The lowest BCUT2D eigenvalue weighted by Gasteiger charge is -2.33. The number of nitrogens with one attached hydrogen (secondary N) is 1. The molecule has 0 spiro atoms. The van der Waals surface area contributed by atoms with Gasteiger partial charge in [0.15, 0.2) is 0 Å². The van der Waals surface area contributed by atoms with Gasteiger partial charge in [0.1, 0.15) is 0 Å². The molecule has 21 heavy (non-hydrogen) atoms. The van der Waals surface area contributed by atoms with Crippen LogP contribution in [0.1, 0.15) is 49.8 Å². The summed E-state index contributed by atoms with van der Waals surface area (Å²) in [5.41, 5.74) is 4.70. The highest BCUT2D eigenvalue weighted by atomic mass is 15.1. The van der Waals surface area contributed by atoms with Gasteiger partial charge >= 0.3 is 0 Å². The predicted molar refractivity (Wildman–Crippen MR) is 89.6 cm³/mol. The SMILES string of the molecule is CC(C)N(Cc1ccc2c(c1)CCC2)CC1CCCNC1. The number of fused-ring (bicyclic) bond motifs is 1. The van der Waals surface area contributed by atoms with Crippen LogP contribution in [0.15, 0.2) is 18.2 Å². The fraction of sp³-hybridized carbons (Fsp3) is 0.684. The maximum absolute atomic E-state index is 3.55. The second kappa shape index (κ2) is 6.93. The molecule has 2 nitrogen and oxygen atoms in total. The van der Waals surface area contributed by atoms with Gasteiger partial charge < -0.3 is 5.32 Å². The van der Waals surface area contributed by atoms with E-state index in [1.54, 1.807) is 11.1 Å². The van der Waals surface area contributed by atoms with Gasteiger partial charge in [-0.2, -0.15) is 0 Å². The molecule has 0 amide bonds. The highest BCUT2D eigenvalue weighted by Gasteiger charge is 2.19. The van der Waals surface area contributed by atoms with Crippen molar-refractivity contribution in [2.24, 2.45) is 5.92 Å². The van der Waals surface area contributed by atoms with Crippen molar-refractivity contribution in [3.8, 4) is 0 Å². The minimum atomic E-state index is 0.625. The minimum Gasteiger partial charge on any atom is -0.316 e. The predicted octanol–water partition coefficient (Wildman–Crippen LogP) is 3.39. The van der Waals surface area contributed by atoms with Gasteiger partial charge in [0.05, 0.1) is 0 Å². The van der Waals surface area contributed by atoms with Crippen LogP contribution in [0.2, 0.25) is 0 Å². The summed E-state index contributed by atoms with van der Waals surface area (Å²) in [5, 5.41) is 3.55. The molecule has 0 radical (unpaired) electrons. The molecule has 2 aliphatic rings. The van der Waals surface area contributed by atoms with Crippen molar-refractivity contribution in [3.63, 3.8) is 0 Å². The van der Waals surface area contributed by atoms with Crippen LogP contribution in [0, 0.1) is 5.92 Å². The number of aryl methyl sites for hydroxylation is 2. The molecule has 1 N–H and O–H groups in total. The van der Waals surface area contributed by atoms with E-state index in [-0.39, 0.29) is 0 Å². The van der Waals surface area contributed by atoms with Crippen LogP contribution in [0.4, 0.5) is 0 Å². The fourth-order valence-corrected chi connectivity index (χ4v) is 3.83. The zero-order chi connectivity index (χ0) is 14.7. The van der Waals surface area contributed by atoms with Gasteiger partial charge in [-0.25, -0.2) is 0 Å². The lowest BCUT2D eigenvalue weighted by Crippen LogP contribution is -2.40. The van der Waals surface area contributed by atoms with E-state index in [0.29, 0.717) is 6.04 Å². The average Bonchev–Trinajstić information content (AvgIpc) is 2.95. The quantitative estimate of drug-likeness (QED) is 0.892. The maximum Gasteiger partial charge on any atom is 0.0236 e. The molecular formula is C19H30N2. The number of nitrogens with zero attached hydrogens (tertiary/aromatic N) is 1. The van der Waals surface area contributed by atoms with Crippen molar-refractivity contribution >= 4 is 0 Å². The number of rotatable bonds is 5. The second-order valence-corrected chi connectivity index (χ2v) is 7.19. The summed E-state index contributed by atoms with van der Waals surface area (Å²) in [6.45, 7) is 9.44. The number of piperidine rings is 1. The van der Waals surface area contributed by atoms with E-state index >= 15 is 0 Å². The van der Waals surface area contributed by atoms with E-state index in [1.807, 2.05) is 0 Å². The molecule has 1 saturated heterocycles. The average molecular weight is 286 g/mol. The van der Waals surface area contributed by atoms with Crippen LogP contribution < -0.4 is 5.32 Å². The first-order valence-corrected chi connectivity index (χ1v) is 8.78. The van der Waals surface area contributed by atoms with Crippen LogP contribution in [-0.2, 0) is 19.4 Å². The summed E-state index contributed by atoms with van der Waals surface area (Å²) in [6.07, 6.45) is 6.66. The highest BCUT2D eigenvalue weighted by molar-refractivity contribution is 5.35. The van der Waals surface area contributed by atoms with E-state index in [2.05, 4.69) is 42.3 Å². The summed E-state index contributed by atoms with van der Waals surface area (Å²) >= 11 is 0. The molecule has 3 rings (SSSR count). The Balaban J connectivity index is 1.64. The topological polar surface area (TPSA) is 15.3 Å². The van der Waals surface area contributed by atoms with Crippen molar-refractivity contribution in [1.82, 2.24) is 10.2 Å². The first-order chi connectivity index (χ1) is 10.2. The third-order valence-corrected chi connectivity index (χ3v) is 5.17. The molecule has 1 heterocycles. The van der Waals surface area contributed by atoms with Crippen LogP contribution in [-0.4, -0.2) is 30.6 Å². The molecule has 1 aliphatic carbocycles. The normalized spacial score (nSPS) is 22.0. The van der Waals surface area contributed by atoms with Gasteiger partial charge in [-0.15, -0.1) is 0 Å². The van der Waals surface area contributed by atoms with Gasteiger partial charge in [-0.1, -0.05) is 18.2 Å². The van der Waals surface area contributed by atoms with Crippen LogP contribution >= 0.6 is 0 Å². The maximum atomic E-state index is 3.55. The highest BCUT2D eigenvalue weighted by Crippen LogP contribution is 2.24. The summed E-state index contributed by atoms with van der Waals surface area (Å²) < 4.78 is 0. The summed E-state index contributed by atoms with van der Waals surface area (Å²) in [6, 6.07) is 7.83. The van der Waals surface area contributed by atoms with Crippen LogP contribution in [0.3, 0.4) is 0 Å². The monoisotopic (exact) mass is 286 g/mol. The molecule has 1 aromatic carbocycles. The molecular weight excluding hydrogens is 256 g/mol. The Morgan fingerprint density at radius 2 is 2.05 bits per heavy atom. The van der Waals surface area contributed by atoms with Crippen molar-refractivity contribution in [1.29, 1.82) is 0 Å². The van der Waals surface area contributed by atoms with Crippen molar-refractivity contribution in [2.75, 3.05) is 19.6 Å². The molecule has 0 saturated carbocycles. The minimum absolute atomic E-state index is 0.625. The van der Waals surface area contributed by atoms with E-state index in [9.17, 15) is 0 Å². The zero-order valence-corrected chi connectivity index (χ0v) is 13.7. The van der Waals surface area contributed by atoms with E-state index in [1.165, 1.54) is 57.3 Å². The molecule has 1 aliphatic heterocycles. The molecule has 1 atom stereocenters. The first kappa shape index (κ1) is 15.1. The molecule has 1 fully saturated rings. The molecule has 2 heteroatoms. The first-order valence-electron chi connectivity index (χ1n) is 8.78. The van der Waals surface area contributed by atoms with Gasteiger partial charge in [-0.05, 0) is 81.6 Å². The standard InChI is InChI=1S/C19H30N2/c1-15(2)21(14-17-5-4-10-20-12-17)13-16-8-9-18-6-3-7-19(18)11-16/h8-9,11,15,17,20H,3-7,10,12-14H2,1-2H3. The van der Waals surface area contributed by atoms with E-state index < -0.39 is 0 Å². The van der Waals surface area contributed by atoms with E-state index in [0.717, 1.165) is 12.5 Å². The van der Waals surface area contributed by atoms with E-state index in [4.69, 9.17) is 0 Å². The van der Waals surface area contributed by atoms with Crippen molar-refractivity contribution in [2.45, 2.75) is 58.5 Å². The third kappa shape index (κ3) is 3.87. The molecule has 0 bridgehead atoms. The Bertz CT molecular complexity index is 461. The zero-order valence-electron chi connectivity index (χ0n) is 13.7. The number of benzene rings is 1. The molecule has 1 unspecified atom stereocenters. The third-order valence-electron chi connectivity index (χ3n) is 5.17. The number of hydrogen-bond acceptors (Lipinski definition) is 2. The van der Waals surface area contributed by atoms with Gasteiger partial charge in [0.2, 0.25) is 0 Å². The summed E-state index contributed by atoms with van der Waals surface area (Å²) in [4.78, 5) is 2.66. The number of hydrogen-bond donors (Lipinski definition) is 1. The van der Waals surface area contributed by atoms with Gasteiger partial charge in [-0.3, -0.25) is 4.90 Å². The van der Waals surface area contributed by atoms with Gasteiger partial charge in [0.25, 0.3) is 0 Å². The molecule has 116 valence electrons. The van der Waals surface area contributed by atoms with Gasteiger partial charge in [0, 0.05) is 19.1 Å². The van der Waals surface area contributed by atoms with Crippen LogP contribution in [0.5, 0.6) is 0 Å². The Morgan fingerprint density at radius 3 is 2.81 bits per heavy atom. The largest absolute Gasteiger partial charge is 0.316 e. The smallest absolute Gasteiger partial charge is 0.0236 e. The Hall–Kier alpha value is -0.860. The van der Waals surface area contributed by atoms with Crippen LogP contribution in [0.25, 0.3) is 0 Å². The molecule has 1 aromatic rings. The second-order valence-electron chi connectivity index (χ2n) is 7.19. The Kier molecular flexibility index (Phi) is 4.97. The van der Waals surface area contributed by atoms with Crippen molar-refractivity contribution < 1.29 is 0 Å². The summed E-state index contributed by atoms with van der Waals surface area (Å²) in [5.74, 6) is 0.829. The Labute approximate surface area is 129 Å². The summed E-state index contributed by atoms with van der Waals surface area (Å²) in [7, 11) is 0. The fourth-order valence-electron chi connectivity index (χ4n) is 3.83. The molecule has 0 aromatic heterocycles. The van der Waals surface area contributed by atoms with Crippen molar-refractivity contribution in [3.05, 3.63) is 34.9 Å². The Morgan fingerprint density at radius 1 is 1.19 bits per heavy atom.